The monoisotopic (exact) mass is 384 g/mol. The van der Waals surface area contributed by atoms with Gasteiger partial charge in [0.05, 0.1) is 28.1 Å². The number of rotatable bonds is 6. The van der Waals surface area contributed by atoms with Crippen molar-refractivity contribution < 1.29 is 8.91 Å². The molecule has 2 aromatic heterocycles. The second kappa shape index (κ2) is 7.12. The van der Waals surface area contributed by atoms with Gasteiger partial charge in [-0.25, -0.2) is 9.37 Å². The fourth-order valence-electron chi connectivity index (χ4n) is 2.94. The van der Waals surface area contributed by atoms with E-state index in [9.17, 15) is 4.39 Å². The van der Waals surface area contributed by atoms with Gasteiger partial charge in [-0.3, -0.25) is 0 Å². The summed E-state index contributed by atoms with van der Waals surface area (Å²) in [6, 6.07) is 10.1. The molecular formula is C20H18ClFN4O. The number of aromatic nitrogens is 3. The Balaban J connectivity index is 1.57. The highest BCUT2D eigenvalue weighted by atomic mass is 35.5. The van der Waals surface area contributed by atoms with Crippen LogP contribution in [0.25, 0.3) is 17.0 Å². The van der Waals surface area contributed by atoms with E-state index in [1.165, 1.54) is 6.07 Å². The van der Waals surface area contributed by atoms with Gasteiger partial charge in [-0.2, -0.15) is 4.98 Å². The summed E-state index contributed by atoms with van der Waals surface area (Å²) in [7, 11) is 0. The van der Waals surface area contributed by atoms with Gasteiger partial charge in [0.2, 0.25) is 5.89 Å². The molecule has 5 nitrogen and oxygen atoms in total. The fourth-order valence-corrected chi connectivity index (χ4v) is 3.13. The lowest BCUT2D eigenvalue weighted by molar-refractivity contribution is 0.376. The van der Waals surface area contributed by atoms with Crippen LogP contribution in [0, 0.1) is 18.7 Å². The summed E-state index contributed by atoms with van der Waals surface area (Å²) in [6.07, 6.45) is 2.22. The van der Waals surface area contributed by atoms with Crippen molar-refractivity contribution in [3.05, 3.63) is 71.2 Å². The molecule has 0 saturated heterocycles. The highest BCUT2D eigenvalue weighted by Gasteiger charge is 2.35. The molecule has 1 atom stereocenters. The maximum absolute atomic E-state index is 13.4. The van der Waals surface area contributed by atoms with Crippen LogP contribution in [0.4, 0.5) is 4.39 Å². The van der Waals surface area contributed by atoms with E-state index >= 15 is 0 Å². The van der Waals surface area contributed by atoms with E-state index < -0.39 is 5.82 Å². The average Bonchev–Trinajstić information content (AvgIpc) is 3.42. The first kappa shape index (κ1) is 17.7. The van der Waals surface area contributed by atoms with Crippen molar-refractivity contribution in [2.45, 2.75) is 25.8 Å². The summed E-state index contributed by atoms with van der Waals surface area (Å²) in [5, 5.41) is 7.51. The molecule has 1 aliphatic rings. The van der Waals surface area contributed by atoms with Gasteiger partial charge in [0.25, 0.3) is 0 Å². The van der Waals surface area contributed by atoms with Crippen LogP contribution in [-0.4, -0.2) is 15.1 Å². The first-order valence-corrected chi connectivity index (χ1v) is 9.07. The summed E-state index contributed by atoms with van der Waals surface area (Å²) in [4.78, 5) is 8.99. The van der Waals surface area contributed by atoms with Crippen LogP contribution in [0.2, 0.25) is 5.02 Å². The van der Waals surface area contributed by atoms with Crippen LogP contribution in [0.1, 0.15) is 36.3 Å². The zero-order chi connectivity index (χ0) is 19.0. The van der Waals surface area contributed by atoms with Gasteiger partial charge in [-0.1, -0.05) is 29.4 Å². The van der Waals surface area contributed by atoms with E-state index in [0.717, 1.165) is 18.4 Å². The summed E-state index contributed by atoms with van der Waals surface area (Å²) in [6.45, 7) is 5.90. The predicted molar refractivity (Wildman–Crippen MR) is 101 cm³/mol. The molecule has 0 amide bonds. The molecule has 7 heteroatoms. The van der Waals surface area contributed by atoms with Gasteiger partial charge in [0, 0.05) is 12.5 Å². The van der Waals surface area contributed by atoms with Gasteiger partial charge < -0.3 is 9.84 Å². The van der Waals surface area contributed by atoms with Crippen LogP contribution >= 0.6 is 11.6 Å². The topological polar surface area (TPSA) is 63.8 Å². The highest BCUT2D eigenvalue weighted by molar-refractivity contribution is 6.31. The van der Waals surface area contributed by atoms with Crippen molar-refractivity contribution in [3.8, 4) is 11.3 Å². The van der Waals surface area contributed by atoms with Crippen LogP contribution in [0.5, 0.6) is 0 Å². The molecule has 1 saturated carbocycles. The van der Waals surface area contributed by atoms with Crippen molar-refractivity contribution in [3.63, 3.8) is 0 Å². The van der Waals surface area contributed by atoms with Crippen molar-refractivity contribution in [2.24, 2.45) is 5.92 Å². The van der Waals surface area contributed by atoms with Crippen LogP contribution in [0.15, 0.2) is 47.5 Å². The minimum atomic E-state index is -0.453. The van der Waals surface area contributed by atoms with Gasteiger partial charge in [0.1, 0.15) is 5.82 Å². The lowest BCUT2D eigenvalue weighted by atomic mass is 10.1. The van der Waals surface area contributed by atoms with E-state index in [1.54, 1.807) is 19.1 Å². The molecule has 0 bridgehead atoms. The van der Waals surface area contributed by atoms with Gasteiger partial charge in [0.15, 0.2) is 5.82 Å². The number of halogens is 2. The SMILES string of the molecule is C=C(N[C@H](c1noc(C)n1)C1CC1)c1cccc(-c2ccc(F)c(Cl)c2)n1. The Morgan fingerprint density at radius 2 is 2.11 bits per heavy atom. The van der Waals surface area contributed by atoms with Crippen molar-refractivity contribution in [2.75, 3.05) is 0 Å². The van der Waals surface area contributed by atoms with Gasteiger partial charge >= 0.3 is 0 Å². The Labute approximate surface area is 161 Å². The van der Waals surface area contributed by atoms with Crippen LogP contribution < -0.4 is 5.32 Å². The molecule has 1 aromatic carbocycles. The largest absolute Gasteiger partial charge is 0.373 e. The van der Waals surface area contributed by atoms with Crippen molar-refractivity contribution in [1.29, 1.82) is 0 Å². The van der Waals surface area contributed by atoms with Crippen LogP contribution in [0.3, 0.4) is 0 Å². The molecule has 0 radical (unpaired) electrons. The molecule has 3 aromatic rings. The molecule has 27 heavy (non-hydrogen) atoms. The maximum atomic E-state index is 13.4. The molecule has 0 aliphatic heterocycles. The summed E-state index contributed by atoms with van der Waals surface area (Å²) >= 11 is 5.89. The number of benzene rings is 1. The quantitative estimate of drug-likeness (QED) is 0.651. The Bertz CT molecular complexity index is 999. The zero-order valence-electron chi connectivity index (χ0n) is 14.7. The lowest BCUT2D eigenvalue weighted by Crippen LogP contribution is -2.23. The van der Waals surface area contributed by atoms with Crippen molar-refractivity contribution in [1.82, 2.24) is 20.4 Å². The minimum absolute atomic E-state index is 0.0549. The third-order valence-corrected chi connectivity index (χ3v) is 4.81. The van der Waals surface area contributed by atoms with E-state index in [0.29, 0.717) is 34.7 Å². The number of aryl methyl sites for hydroxylation is 1. The molecule has 0 unspecified atom stereocenters. The van der Waals surface area contributed by atoms with E-state index in [4.69, 9.17) is 16.1 Å². The third-order valence-electron chi connectivity index (χ3n) is 4.52. The predicted octanol–water partition coefficient (Wildman–Crippen LogP) is 4.94. The molecule has 0 spiro atoms. The maximum Gasteiger partial charge on any atom is 0.223 e. The highest BCUT2D eigenvalue weighted by Crippen LogP contribution is 2.41. The minimum Gasteiger partial charge on any atom is -0.373 e. The number of hydrogen-bond acceptors (Lipinski definition) is 5. The Kier molecular flexibility index (Phi) is 4.66. The molecule has 1 fully saturated rings. The summed E-state index contributed by atoms with van der Waals surface area (Å²) in [5.74, 6) is 1.18. The molecule has 2 heterocycles. The van der Waals surface area contributed by atoms with Crippen LogP contribution in [-0.2, 0) is 0 Å². The molecule has 138 valence electrons. The number of pyridine rings is 1. The fraction of sp³-hybridized carbons (Fsp3) is 0.250. The smallest absolute Gasteiger partial charge is 0.223 e. The first-order valence-electron chi connectivity index (χ1n) is 8.70. The van der Waals surface area contributed by atoms with E-state index in [2.05, 4.69) is 27.0 Å². The van der Waals surface area contributed by atoms with E-state index in [-0.39, 0.29) is 11.1 Å². The number of nitrogens with one attached hydrogen (secondary N) is 1. The lowest BCUT2D eigenvalue weighted by Gasteiger charge is -2.18. The summed E-state index contributed by atoms with van der Waals surface area (Å²) in [5.41, 5.74) is 2.79. The Hall–Kier alpha value is -2.73. The van der Waals surface area contributed by atoms with Crippen molar-refractivity contribution >= 4 is 17.3 Å². The molecular weight excluding hydrogens is 367 g/mol. The average molecular weight is 385 g/mol. The first-order chi connectivity index (χ1) is 13.0. The van der Waals surface area contributed by atoms with E-state index in [1.807, 2.05) is 18.2 Å². The molecule has 1 aliphatic carbocycles. The second-order valence-electron chi connectivity index (χ2n) is 6.65. The molecule has 4 rings (SSSR count). The normalized spacial score (nSPS) is 14.8. The van der Waals surface area contributed by atoms with Gasteiger partial charge in [-0.05, 0) is 49.1 Å². The number of hydrogen-bond donors (Lipinski definition) is 1. The Morgan fingerprint density at radius 3 is 2.78 bits per heavy atom. The Morgan fingerprint density at radius 1 is 1.30 bits per heavy atom. The van der Waals surface area contributed by atoms with Gasteiger partial charge in [-0.15, -0.1) is 0 Å². The summed E-state index contributed by atoms with van der Waals surface area (Å²) < 4.78 is 18.5. The number of nitrogens with zero attached hydrogens (tertiary/aromatic N) is 3. The third kappa shape index (κ3) is 3.85. The standard InChI is InChI=1S/C20H18ClFN4O/c1-11(23-19(13-6-7-13)20-24-12(2)27-26-20)17-4-3-5-18(25-17)14-8-9-16(22)15(21)10-14/h3-5,8-10,13,19,23H,1,6-7H2,2H3/t19-/m0/s1. The molecule has 1 N–H and O–H groups in total. The zero-order valence-corrected chi connectivity index (χ0v) is 15.5. The second-order valence-corrected chi connectivity index (χ2v) is 7.05.